The lowest BCUT2D eigenvalue weighted by molar-refractivity contribution is 0.0310. The van der Waals surface area contributed by atoms with Gasteiger partial charge in [0.1, 0.15) is 0 Å². The van der Waals surface area contributed by atoms with Gasteiger partial charge >= 0.3 is 11.9 Å². The Morgan fingerprint density at radius 1 is 1.06 bits per heavy atom. The van der Waals surface area contributed by atoms with Crippen LogP contribution in [0.5, 0.6) is 0 Å². The third-order valence-corrected chi connectivity index (χ3v) is 6.01. The second-order valence-corrected chi connectivity index (χ2v) is 8.51. The van der Waals surface area contributed by atoms with Gasteiger partial charge in [0.05, 0.1) is 23.8 Å². The molecule has 0 saturated carbocycles. The van der Waals surface area contributed by atoms with E-state index < -0.39 is 23.8 Å². The minimum absolute atomic E-state index is 0.0232. The number of carbonyl (C=O) groups is 3. The number of nitrogens with zero attached hydrogens (tertiary/aromatic N) is 2. The highest BCUT2D eigenvalue weighted by Gasteiger charge is 2.29. The number of rotatable bonds is 10. The van der Waals surface area contributed by atoms with Crippen LogP contribution in [0, 0.1) is 13.8 Å². The Kier molecular flexibility index (Phi) is 8.22. The largest absolute Gasteiger partial charge is 0.465 e. The van der Waals surface area contributed by atoms with E-state index in [0.717, 1.165) is 25.7 Å². The van der Waals surface area contributed by atoms with E-state index in [0.29, 0.717) is 28.6 Å². The van der Waals surface area contributed by atoms with Gasteiger partial charge in [-0.05, 0) is 38.8 Å². The number of aromatic amines is 1. The smallest absolute Gasteiger partial charge is 0.360 e. The predicted molar refractivity (Wildman–Crippen MR) is 131 cm³/mol. The summed E-state index contributed by atoms with van der Waals surface area (Å²) in [6.45, 7) is 7.23. The Hall–Kier alpha value is -3.75. The lowest BCUT2D eigenvalue weighted by Crippen LogP contribution is -2.29. The van der Waals surface area contributed by atoms with Gasteiger partial charge in [-0.2, -0.15) is 5.10 Å². The van der Waals surface area contributed by atoms with Crippen LogP contribution in [0.3, 0.4) is 0 Å². The molecule has 0 aliphatic carbocycles. The van der Waals surface area contributed by atoms with Crippen LogP contribution in [0.1, 0.15) is 82.1 Å². The van der Waals surface area contributed by atoms with Crippen LogP contribution in [0.15, 0.2) is 29.1 Å². The molecule has 1 atom stereocenters. The number of carbonyl (C=O) groups excluding carboxylic acids is 3. The number of methoxy groups -OCH3 is 1. The van der Waals surface area contributed by atoms with Gasteiger partial charge in [0.2, 0.25) is 5.78 Å². The predicted octanol–water partition coefficient (Wildman–Crippen LogP) is 4.14. The van der Waals surface area contributed by atoms with Crippen molar-refractivity contribution >= 4 is 28.5 Å². The zero-order valence-electron chi connectivity index (χ0n) is 20.8. The summed E-state index contributed by atoms with van der Waals surface area (Å²) >= 11 is 0. The quantitative estimate of drug-likeness (QED) is 0.262. The molecule has 0 aliphatic heterocycles. The number of nitrogens with one attached hydrogen (secondary N) is 1. The van der Waals surface area contributed by atoms with Crippen molar-refractivity contribution in [3.8, 4) is 0 Å². The average molecular weight is 482 g/mol. The Balaban J connectivity index is 1.89. The molecule has 0 radical (unpaired) electrons. The van der Waals surface area contributed by atoms with Crippen LogP contribution in [0.25, 0.3) is 10.8 Å². The highest BCUT2D eigenvalue weighted by molar-refractivity contribution is 6.06. The molecular formula is C26H31N3O6. The Morgan fingerprint density at radius 3 is 2.40 bits per heavy atom. The fourth-order valence-corrected chi connectivity index (χ4v) is 4.10. The number of fused-ring (bicyclic) bond motifs is 1. The molecule has 0 spiro atoms. The molecule has 0 saturated heterocycles. The number of hydrogen-bond acceptors (Lipinski definition) is 7. The van der Waals surface area contributed by atoms with E-state index in [4.69, 9.17) is 9.47 Å². The number of aromatic nitrogens is 3. The normalized spacial score (nSPS) is 11.9. The lowest BCUT2D eigenvalue weighted by atomic mass is 10.1. The fraction of sp³-hybridized carbons (Fsp3) is 0.423. The van der Waals surface area contributed by atoms with E-state index >= 15 is 0 Å². The first-order valence-electron chi connectivity index (χ1n) is 11.7. The van der Waals surface area contributed by atoms with Gasteiger partial charge in [0.15, 0.2) is 11.8 Å². The van der Waals surface area contributed by atoms with Crippen molar-refractivity contribution in [3.05, 3.63) is 62.8 Å². The molecule has 0 amide bonds. The SMILES string of the molecule is CCCCCCn1nc(C(=O)OC(C)C(=O)c2[nH]c(C)c(C(=O)OC)c2C)c2ccccc2c1=O. The molecule has 0 aliphatic rings. The van der Waals surface area contributed by atoms with Gasteiger partial charge in [0, 0.05) is 17.6 Å². The third kappa shape index (κ3) is 5.34. The molecule has 0 bridgehead atoms. The summed E-state index contributed by atoms with van der Waals surface area (Å²) in [4.78, 5) is 54.0. The fourth-order valence-electron chi connectivity index (χ4n) is 4.10. The molecule has 2 heterocycles. The molecule has 3 rings (SSSR count). The molecule has 0 fully saturated rings. The minimum atomic E-state index is -1.16. The number of ketones is 1. The first-order valence-corrected chi connectivity index (χ1v) is 11.7. The van der Waals surface area contributed by atoms with Crippen LogP contribution in [-0.4, -0.2) is 45.7 Å². The summed E-state index contributed by atoms with van der Waals surface area (Å²) in [5.41, 5.74) is 1.06. The highest BCUT2D eigenvalue weighted by atomic mass is 16.5. The van der Waals surface area contributed by atoms with Gasteiger partial charge in [-0.1, -0.05) is 44.4 Å². The molecule has 186 valence electrons. The number of unbranched alkanes of at least 4 members (excludes halogenated alkanes) is 3. The van der Waals surface area contributed by atoms with Crippen molar-refractivity contribution < 1.29 is 23.9 Å². The second-order valence-electron chi connectivity index (χ2n) is 8.51. The summed E-state index contributed by atoms with van der Waals surface area (Å²) in [6, 6.07) is 6.71. The highest BCUT2D eigenvalue weighted by Crippen LogP contribution is 2.22. The third-order valence-electron chi connectivity index (χ3n) is 6.01. The Labute approximate surface area is 203 Å². The molecule has 1 N–H and O–H groups in total. The molecule has 2 aromatic heterocycles. The zero-order valence-corrected chi connectivity index (χ0v) is 20.8. The van der Waals surface area contributed by atoms with Crippen LogP contribution < -0.4 is 5.56 Å². The van der Waals surface area contributed by atoms with E-state index in [9.17, 15) is 19.2 Å². The van der Waals surface area contributed by atoms with E-state index in [-0.39, 0.29) is 22.5 Å². The summed E-state index contributed by atoms with van der Waals surface area (Å²) in [6.07, 6.45) is 2.66. The molecule has 1 aromatic carbocycles. The summed E-state index contributed by atoms with van der Waals surface area (Å²) in [7, 11) is 1.26. The van der Waals surface area contributed by atoms with Gasteiger partial charge in [-0.15, -0.1) is 0 Å². The van der Waals surface area contributed by atoms with Gasteiger partial charge in [-0.3, -0.25) is 9.59 Å². The van der Waals surface area contributed by atoms with E-state index in [1.165, 1.54) is 18.7 Å². The maximum Gasteiger partial charge on any atom is 0.360 e. The number of benzene rings is 1. The molecule has 3 aromatic rings. The maximum absolute atomic E-state index is 13.1. The van der Waals surface area contributed by atoms with Gasteiger partial charge in [0.25, 0.3) is 5.56 Å². The topological polar surface area (TPSA) is 120 Å². The summed E-state index contributed by atoms with van der Waals surface area (Å²) in [5, 5.41) is 5.03. The monoisotopic (exact) mass is 481 g/mol. The lowest BCUT2D eigenvalue weighted by Gasteiger charge is -2.14. The number of H-pyrrole nitrogens is 1. The van der Waals surface area contributed by atoms with E-state index in [1.807, 2.05) is 0 Å². The second kappa shape index (κ2) is 11.1. The number of ether oxygens (including phenoxy) is 2. The van der Waals surface area contributed by atoms with Crippen molar-refractivity contribution in [2.45, 2.75) is 66.0 Å². The number of hydrogen-bond donors (Lipinski definition) is 1. The van der Waals surface area contributed by atoms with Crippen molar-refractivity contribution in [2.24, 2.45) is 0 Å². The van der Waals surface area contributed by atoms with Crippen molar-refractivity contribution in [1.29, 1.82) is 0 Å². The Bertz CT molecular complexity index is 1320. The standard InChI is InChI=1S/C26H31N3O6/c1-6-7-8-11-14-29-24(31)19-13-10-9-12-18(19)22(28-29)26(33)35-17(4)23(30)21-15(2)20(16(3)27-21)25(32)34-5/h9-10,12-13,17,27H,6-8,11,14H2,1-5H3. The number of Topliss-reactive ketones (excluding diaryl/α,β-unsaturated/α-hetero) is 1. The molecule has 9 heteroatoms. The van der Waals surface area contributed by atoms with Crippen molar-refractivity contribution in [3.63, 3.8) is 0 Å². The van der Waals surface area contributed by atoms with Crippen LogP contribution in [0.2, 0.25) is 0 Å². The van der Waals surface area contributed by atoms with E-state index in [1.54, 1.807) is 38.1 Å². The number of esters is 2. The first-order chi connectivity index (χ1) is 16.7. The zero-order chi connectivity index (χ0) is 25.7. The maximum atomic E-state index is 13.1. The summed E-state index contributed by atoms with van der Waals surface area (Å²) in [5.74, 6) is -1.86. The van der Waals surface area contributed by atoms with Crippen LogP contribution in [-0.2, 0) is 16.0 Å². The average Bonchev–Trinajstić information content (AvgIpc) is 3.15. The van der Waals surface area contributed by atoms with Gasteiger partial charge < -0.3 is 14.5 Å². The first kappa shape index (κ1) is 25.9. The molecule has 9 nitrogen and oxygen atoms in total. The molecule has 35 heavy (non-hydrogen) atoms. The van der Waals surface area contributed by atoms with E-state index in [2.05, 4.69) is 17.0 Å². The van der Waals surface area contributed by atoms with Crippen LogP contribution >= 0.6 is 0 Å². The van der Waals surface area contributed by atoms with Crippen LogP contribution in [0.4, 0.5) is 0 Å². The van der Waals surface area contributed by atoms with Crippen molar-refractivity contribution in [2.75, 3.05) is 7.11 Å². The van der Waals surface area contributed by atoms with Gasteiger partial charge in [-0.25, -0.2) is 14.3 Å². The van der Waals surface area contributed by atoms with Crippen molar-refractivity contribution in [1.82, 2.24) is 14.8 Å². The summed E-state index contributed by atoms with van der Waals surface area (Å²) < 4.78 is 11.6. The molecular weight excluding hydrogens is 450 g/mol. The minimum Gasteiger partial charge on any atom is -0.465 e. The number of aryl methyl sites for hydroxylation is 2. The molecule has 1 unspecified atom stereocenters. The Morgan fingerprint density at radius 2 is 1.74 bits per heavy atom.